The number of likely N-dealkylation sites (N-methyl/N-ethyl adjacent to an activating group) is 1. The molecule has 4 aliphatic heterocycles. The molecule has 14 nitrogen and oxygen atoms in total. The lowest BCUT2D eigenvalue weighted by Crippen LogP contribution is -2.69. The number of piperazine rings is 1. The molecular weight excluding hydrogens is 715 g/mol. The molecule has 0 aromatic heterocycles. The number of carbonyl (C=O) groups excluding carboxylic acids is 4. The number of methoxy groups -OCH3 is 1. The third kappa shape index (κ3) is 6.55. The molecule has 2 N–H and O–H groups in total. The van der Waals surface area contributed by atoms with E-state index in [-0.39, 0.29) is 37.7 Å². The molecule has 6 atom stereocenters. The van der Waals surface area contributed by atoms with Crippen LogP contribution in [0.2, 0.25) is 0 Å². The molecule has 0 saturated carbocycles. The molecule has 1 unspecified atom stereocenters. The maximum atomic E-state index is 13.3. The maximum absolute atomic E-state index is 13.3. The minimum atomic E-state index is -5.20. The van der Waals surface area contributed by atoms with Crippen LogP contribution in [0.4, 0.5) is 13.2 Å². The van der Waals surface area contributed by atoms with Gasteiger partial charge in [0.15, 0.2) is 23.0 Å². The normalized spacial score (nSPS) is 23.2. The topological polar surface area (TPSA) is 169 Å². The summed E-state index contributed by atoms with van der Waals surface area (Å²) in [4.78, 5) is 54.7. The highest BCUT2D eigenvalue weighted by atomic mass is 19.4. The van der Waals surface area contributed by atoms with E-state index in [4.69, 9.17) is 23.7 Å². The van der Waals surface area contributed by atoms with Crippen molar-refractivity contribution in [2.45, 2.75) is 103 Å². The van der Waals surface area contributed by atoms with Gasteiger partial charge in [0, 0.05) is 54.2 Å². The van der Waals surface area contributed by atoms with E-state index >= 15 is 0 Å². The van der Waals surface area contributed by atoms with Crippen LogP contribution in [0.25, 0.3) is 0 Å². The van der Waals surface area contributed by atoms with Gasteiger partial charge in [-0.15, -0.1) is 0 Å². The Bertz CT molecular complexity index is 1950. The number of esters is 2. The third-order valence-electron chi connectivity index (χ3n) is 10.6. The van der Waals surface area contributed by atoms with Gasteiger partial charge >= 0.3 is 24.0 Å². The molecule has 2 bridgehead atoms. The minimum Gasteiger partial charge on any atom is -0.493 e. The van der Waals surface area contributed by atoms with Crippen molar-refractivity contribution in [1.29, 1.82) is 5.26 Å². The first-order valence-electron chi connectivity index (χ1n) is 17.6. The van der Waals surface area contributed by atoms with Crippen LogP contribution >= 0.6 is 0 Å². The fraction of sp³-hybridized carbons (Fsp3) is 0.541. The van der Waals surface area contributed by atoms with E-state index in [1.54, 1.807) is 12.2 Å². The predicted molar refractivity (Wildman–Crippen MR) is 183 cm³/mol. The number of aryl methyl sites for hydroxylation is 1. The molecule has 0 aliphatic carbocycles. The Morgan fingerprint density at radius 2 is 1.76 bits per heavy atom. The van der Waals surface area contributed by atoms with Gasteiger partial charge in [-0.3, -0.25) is 29.0 Å². The van der Waals surface area contributed by atoms with E-state index in [0.29, 0.717) is 52.3 Å². The van der Waals surface area contributed by atoms with E-state index in [1.165, 1.54) is 14.0 Å². The van der Waals surface area contributed by atoms with Crippen molar-refractivity contribution >= 4 is 23.8 Å². The first-order chi connectivity index (χ1) is 25.5. The third-order valence-corrected chi connectivity index (χ3v) is 10.6. The Morgan fingerprint density at radius 1 is 1.06 bits per heavy atom. The summed E-state index contributed by atoms with van der Waals surface area (Å²) in [5.41, 5.74) is 3.81. The van der Waals surface area contributed by atoms with E-state index in [9.17, 15) is 37.6 Å². The van der Waals surface area contributed by atoms with Crippen LogP contribution < -0.4 is 34.3 Å². The quantitative estimate of drug-likeness (QED) is 0.282. The molecule has 1 fully saturated rings. The summed E-state index contributed by atoms with van der Waals surface area (Å²) in [6.07, 6.45) is -3.92. The van der Waals surface area contributed by atoms with Crippen LogP contribution in [-0.2, 0) is 32.0 Å². The standard InChI is InChI=1S/C37H42F3N5O9/c1-8-9-26(47)54-34-27-20(10-16(2)30(34)50-7)11-22-24(13-41)45-23(29(27)44(22)6)12-21-28(33-32(51-15-52-33)17(3)31(21)53-19(5)46)25(45)14-42-35(48)18(4)43-36(49)37(38,39)40/h10,18,22-25,29H,8-9,11-12,14-15H2,1-7H3,(H,42,48)(H,43,49)/t18-,22-,23?,24-,25-,29-/m0/s1. The predicted octanol–water partition coefficient (Wildman–Crippen LogP) is 3.63. The van der Waals surface area contributed by atoms with Crippen molar-refractivity contribution in [2.24, 2.45) is 0 Å². The first-order valence-corrected chi connectivity index (χ1v) is 17.6. The number of carbonyl (C=O) groups is 4. The van der Waals surface area contributed by atoms with Gasteiger partial charge in [-0.1, -0.05) is 13.0 Å². The fourth-order valence-electron chi connectivity index (χ4n) is 8.45. The van der Waals surface area contributed by atoms with Gasteiger partial charge in [-0.25, -0.2) is 0 Å². The number of nitrogens with one attached hydrogen (secondary N) is 2. The largest absolute Gasteiger partial charge is 0.493 e. The summed E-state index contributed by atoms with van der Waals surface area (Å²) in [6.45, 7) is 7.40. The number of amides is 2. The summed E-state index contributed by atoms with van der Waals surface area (Å²) < 4.78 is 68.7. The second kappa shape index (κ2) is 14.6. The van der Waals surface area contributed by atoms with Gasteiger partial charge < -0.3 is 34.3 Å². The highest BCUT2D eigenvalue weighted by Gasteiger charge is 2.57. The second-order valence-corrected chi connectivity index (χ2v) is 14.0. The van der Waals surface area contributed by atoms with E-state index in [1.807, 2.05) is 31.9 Å². The average Bonchev–Trinajstić information content (AvgIpc) is 3.59. The Hall–Kier alpha value is -5.08. The Labute approximate surface area is 309 Å². The number of benzene rings is 2. The molecule has 290 valence electrons. The zero-order chi connectivity index (χ0) is 39.4. The molecule has 4 heterocycles. The number of halogens is 3. The summed E-state index contributed by atoms with van der Waals surface area (Å²) in [5, 5.41) is 15.3. The van der Waals surface area contributed by atoms with Crippen molar-refractivity contribution in [3.63, 3.8) is 0 Å². The van der Waals surface area contributed by atoms with Gasteiger partial charge in [-0.2, -0.15) is 18.4 Å². The lowest BCUT2D eigenvalue weighted by Gasteiger charge is -2.60. The molecule has 2 aromatic rings. The molecule has 4 aliphatic rings. The molecule has 2 amide bonds. The maximum Gasteiger partial charge on any atom is 0.471 e. The zero-order valence-electron chi connectivity index (χ0n) is 30.9. The molecule has 2 aromatic carbocycles. The van der Waals surface area contributed by atoms with Crippen molar-refractivity contribution in [1.82, 2.24) is 20.4 Å². The summed E-state index contributed by atoms with van der Waals surface area (Å²) in [6, 6.07) is -0.375. The van der Waals surface area contributed by atoms with Crippen LogP contribution in [0.5, 0.6) is 28.7 Å². The van der Waals surface area contributed by atoms with Crippen LogP contribution in [0.15, 0.2) is 6.07 Å². The van der Waals surface area contributed by atoms with Crippen molar-refractivity contribution in [3.05, 3.63) is 39.4 Å². The SMILES string of the molecule is CCCC(=O)Oc1c(OC)c(C)cc2c1[C@@H]1C3Cc4c(OC(C)=O)c(C)c5c(c4[C@H](CNC(=O)[C@H](C)NC(=O)C(F)(F)F)N3[C@@H](C#N)[C@H](C2)N1C)OCO5. The molecule has 54 heavy (non-hydrogen) atoms. The Balaban J connectivity index is 1.54. The van der Waals surface area contributed by atoms with Crippen LogP contribution in [0, 0.1) is 25.2 Å². The number of alkyl halides is 3. The van der Waals surface area contributed by atoms with Crippen molar-refractivity contribution in [2.75, 3.05) is 27.5 Å². The average molecular weight is 758 g/mol. The second-order valence-electron chi connectivity index (χ2n) is 14.0. The Kier molecular flexibility index (Phi) is 10.5. The number of fused-ring (bicyclic) bond motifs is 9. The first kappa shape index (κ1) is 38.6. The van der Waals surface area contributed by atoms with E-state index < -0.39 is 66.2 Å². The number of rotatable bonds is 9. The smallest absolute Gasteiger partial charge is 0.471 e. The number of nitrogens with zero attached hydrogens (tertiary/aromatic N) is 3. The highest BCUT2D eigenvalue weighted by molar-refractivity contribution is 5.89. The zero-order valence-corrected chi connectivity index (χ0v) is 30.9. The monoisotopic (exact) mass is 757 g/mol. The van der Waals surface area contributed by atoms with Gasteiger partial charge in [0.25, 0.3) is 0 Å². The molecule has 0 radical (unpaired) electrons. The van der Waals surface area contributed by atoms with Gasteiger partial charge in [-0.05, 0) is 58.2 Å². The summed E-state index contributed by atoms with van der Waals surface area (Å²) in [7, 11) is 3.38. The van der Waals surface area contributed by atoms with Crippen LogP contribution in [0.1, 0.15) is 79.1 Å². The summed E-state index contributed by atoms with van der Waals surface area (Å²) >= 11 is 0. The molecular formula is C37H42F3N5O9. The van der Waals surface area contributed by atoms with Crippen LogP contribution in [-0.4, -0.2) is 91.4 Å². The lowest BCUT2D eigenvalue weighted by atomic mass is 9.71. The van der Waals surface area contributed by atoms with Gasteiger partial charge in [0.1, 0.15) is 17.8 Å². The lowest BCUT2D eigenvalue weighted by molar-refractivity contribution is -0.174. The van der Waals surface area contributed by atoms with Gasteiger partial charge in [0.05, 0.1) is 25.3 Å². The fourth-order valence-corrected chi connectivity index (χ4v) is 8.45. The van der Waals surface area contributed by atoms with Crippen molar-refractivity contribution in [3.8, 4) is 34.8 Å². The number of nitriles is 1. The number of hydrogen-bond donors (Lipinski definition) is 2. The molecule has 1 saturated heterocycles. The van der Waals surface area contributed by atoms with E-state index in [0.717, 1.165) is 18.1 Å². The number of ether oxygens (including phenoxy) is 5. The molecule has 17 heteroatoms. The van der Waals surface area contributed by atoms with Crippen LogP contribution in [0.3, 0.4) is 0 Å². The van der Waals surface area contributed by atoms with Crippen molar-refractivity contribution < 1.29 is 56.0 Å². The number of hydrogen-bond acceptors (Lipinski definition) is 12. The molecule has 6 rings (SSSR count). The minimum absolute atomic E-state index is 0.163. The Morgan fingerprint density at radius 3 is 2.39 bits per heavy atom. The molecule has 0 spiro atoms. The van der Waals surface area contributed by atoms with Gasteiger partial charge in [0.2, 0.25) is 12.7 Å². The van der Waals surface area contributed by atoms with E-state index in [2.05, 4.69) is 16.3 Å². The highest BCUT2D eigenvalue weighted by Crippen LogP contribution is 2.58. The summed E-state index contributed by atoms with van der Waals surface area (Å²) in [5.74, 6) is -2.73.